The zero-order chi connectivity index (χ0) is 17.0. The minimum absolute atomic E-state index is 0.0262. The Morgan fingerprint density at radius 2 is 2.12 bits per heavy atom. The highest BCUT2D eigenvalue weighted by atomic mass is 16.5. The lowest BCUT2D eigenvalue weighted by molar-refractivity contribution is 0.122. The second-order valence-corrected chi connectivity index (χ2v) is 7.41. The topological polar surface area (TPSA) is 88.3 Å². The Bertz CT molecular complexity index is 802. The third-order valence-electron chi connectivity index (χ3n) is 5.73. The van der Waals surface area contributed by atoms with E-state index in [4.69, 9.17) is 10.5 Å². The summed E-state index contributed by atoms with van der Waals surface area (Å²) < 4.78 is 5.65. The van der Waals surface area contributed by atoms with Gasteiger partial charge in [0.1, 0.15) is 23.6 Å². The molecule has 0 aromatic carbocycles. The van der Waals surface area contributed by atoms with Crippen molar-refractivity contribution in [3.8, 4) is 0 Å². The average Bonchev–Trinajstić information content (AvgIpc) is 3.23. The van der Waals surface area contributed by atoms with Crippen molar-refractivity contribution in [2.75, 3.05) is 24.3 Å². The average molecular weight is 338 g/mol. The molecule has 4 N–H and O–H groups in total. The number of anilines is 2. The van der Waals surface area contributed by atoms with Crippen molar-refractivity contribution < 1.29 is 4.74 Å². The summed E-state index contributed by atoms with van der Waals surface area (Å²) in [7, 11) is 0. The van der Waals surface area contributed by atoms with Crippen LogP contribution in [0.4, 0.5) is 11.6 Å². The molecule has 130 valence electrons. The van der Waals surface area contributed by atoms with Gasteiger partial charge in [-0.1, -0.05) is 0 Å². The Labute approximate surface area is 146 Å². The van der Waals surface area contributed by atoms with Gasteiger partial charge >= 0.3 is 0 Å². The van der Waals surface area contributed by atoms with E-state index in [2.05, 4.69) is 50.9 Å². The van der Waals surface area contributed by atoms with Crippen molar-refractivity contribution in [1.29, 1.82) is 0 Å². The van der Waals surface area contributed by atoms with Gasteiger partial charge in [-0.05, 0) is 43.3 Å². The molecular weight excluding hydrogens is 316 g/mol. The van der Waals surface area contributed by atoms with Gasteiger partial charge in [-0.2, -0.15) is 0 Å². The first-order chi connectivity index (χ1) is 12.1. The van der Waals surface area contributed by atoms with Gasteiger partial charge in [0, 0.05) is 31.7 Å². The van der Waals surface area contributed by atoms with Crippen LogP contribution in [0.2, 0.25) is 0 Å². The summed E-state index contributed by atoms with van der Waals surface area (Å²) in [6.07, 6.45) is 10.2. The van der Waals surface area contributed by atoms with Gasteiger partial charge in [0.2, 0.25) is 0 Å². The molecule has 3 aliphatic heterocycles. The molecule has 1 saturated carbocycles. The smallest absolute Gasteiger partial charge is 0.135 e. The number of rotatable bonds is 2. The highest BCUT2D eigenvalue weighted by molar-refractivity contribution is 5.54. The summed E-state index contributed by atoms with van der Waals surface area (Å²) >= 11 is 0. The fourth-order valence-corrected chi connectivity index (χ4v) is 4.57. The molecule has 2 unspecified atom stereocenters. The van der Waals surface area contributed by atoms with Crippen LogP contribution in [-0.2, 0) is 4.74 Å². The Hall–Kier alpha value is -2.54. The molecule has 5 rings (SSSR count). The van der Waals surface area contributed by atoms with Gasteiger partial charge in [0.25, 0.3) is 0 Å². The third-order valence-corrected chi connectivity index (χ3v) is 5.73. The van der Waals surface area contributed by atoms with Crippen LogP contribution in [0, 0.1) is 11.8 Å². The largest absolute Gasteiger partial charge is 0.384 e. The van der Waals surface area contributed by atoms with Gasteiger partial charge in [0.15, 0.2) is 0 Å². The summed E-state index contributed by atoms with van der Waals surface area (Å²) in [5, 5.41) is 7.03. The molecule has 2 atom stereocenters. The Balaban J connectivity index is 1.44. The van der Waals surface area contributed by atoms with E-state index in [1.54, 1.807) is 6.07 Å². The summed E-state index contributed by atoms with van der Waals surface area (Å²) in [4.78, 5) is 10.6. The van der Waals surface area contributed by atoms with E-state index in [1.807, 2.05) is 0 Å². The summed E-state index contributed by atoms with van der Waals surface area (Å²) in [6, 6.07) is 1.74. The molecular formula is C18H22N6O. The van der Waals surface area contributed by atoms with Crippen LogP contribution in [0.25, 0.3) is 0 Å². The number of ether oxygens (including phenoxy) is 1. The van der Waals surface area contributed by atoms with Crippen LogP contribution in [0.3, 0.4) is 0 Å². The summed E-state index contributed by atoms with van der Waals surface area (Å²) in [5.74, 6) is 2.46. The van der Waals surface area contributed by atoms with Gasteiger partial charge in [-0.25, -0.2) is 9.97 Å². The Kier molecular flexibility index (Phi) is 3.09. The number of fused-ring (bicyclic) bond motifs is 3. The molecule has 1 aromatic rings. The molecule has 2 fully saturated rings. The van der Waals surface area contributed by atoms with E-state index in [0.717, 1.165) is 31.8 Å². The maximum atomic E-state index is 5.76. The van der Waals surface area contributed by atoms with Crippen molar-refractivity contribution in [3.63, 3.8) is 0 Å². The van der Waals surface area contributed by atoms with Crippen molar-refractivity contribution in [1.82, 2.24) is 20.2 Å². The van der Waals surface area contributed by atoms with Crippen molar-refractivity contribution in [2.24, 2.45) is 11.8 Å². The lowest BCUT2D eigenvalue weighted by Gasteiger charge is -2.39. The Morgan fingerprint density at radius 3 is 2.88 bits per heavy atom. The fourth-order valence-electron chi connectivity index (χ4n) is 4.57. The molecule has 1 aromatic heterocycles. The van der Waals surface area contributed by atoms with Crippen LogP contribution < -0.4 is 16.4 Å². The predicted molar refractivity (Wildman–Crippen MR) is 94.7 cm³/mol. The second kappa shape index (κ2) is 5.23. The van der Waals surface area contributed by atoms with Crippen molar-refractivity contribution >= 4 is 11.6 Å². The molecule has 1 aliphatic carbocycles. The normalized spacial score (nSPS) is 32.7. The number of nitrogen functional groups attached to an aromatic ring is 1. The number of aromatic nitrogens is 2. The second-order valence-electron chi connectivity index (χ2n) is 7.41. The van der Waals surface area contributed by atoms with E-state index in [-0.39, 0.29) is 5.66 Å². The molecule has 7 heteroatoms. The molecule has 25 heavy (non-hydrogen) atoms. The lowest BCUT2D eigenvalue weighted by atomic mass is 10.0. The standard InChI is InChI=1S/C18H22N6O/c1-11-2-14(23-17-3-16(19)20-10-21-17)7-24-15(11)6-22-18(24)4-12-8-25-9-13(12)5-18/h2-3,6-7,10,12-13,22H,4-5,8-9H2,1H3,(H3,19,20,21,23). The van der Waals surface area contributed by atoms with Crippen LogP contribution >= 0.6 is 0 Å². The Morgan fingerprint density at radius 1 is 1.32 bits per heavy atom. The highest BCUT2D eigenvalue weighted by Gasteiger charge is 2.53. The number of allylic oxidation sites excluding steroid dienone is 2. The monoisotopic (exact) mass is 338 g/mol. The number of hydrogen-bond acceptors (Lipinski definition) is 7. The first-order valence-electron chi connectivity index (χ1n) is 8.73. The van der Waals surface area contributed by atoms with Crippen LogP contribution in [0.15, 0.2) is 47.8 Å². The lowest BCUT2D eigenvalue weighted by Crippen LogP contribution is -2.49. The zero-order valence-corrected chi connectivity index (χ0v) is 14.2. The quantitative estimate of drug-likeness (QED) is 0.757. The number of nitrogens with one attached hydrogen (secondary N) is 2. The van der Waals surface area contributed by atoms with Crippen LogP contribution in [0.1, 0.15) is 19.8 Å². The van der Waals surface area contributed by atoms with E-state index < -0.39 is 0 Å². The van der Waals surface area contributed by atoms with Crippen LogP contribution in [-0.4, -0.2) is 33.7 Å². The minimum atomic E-state index is -0.0262. The maximum Gasteiger partial charge on any atom is 0.135 e. The molecule has 0 amide bonds. The fraction of sp³-hybridized carbons (Fsp3) is 0.444. The maximum absolute atomic E-state index is 5.76. The van der Waals surface area contributed by atoms with Gasteiger partial charge < -0.3 is 26.0 Å². The molecule has 1 spiro atoms. The van der Waals surface area contributed by atoms with Gasteiger partial charge in [0.05, 0.1) is 11.4 Å². The zero-order valence-electron chi connectivity index (χ0n) is 14.2. The highest BCUT2D eigenvalue weighted by Crippen LogP contribution is 2.49. The summed E-state index contributed by atoms with van der Waals surface area (Å²) in [5.41, 5.74) is 9.20. The molecule has 0 radical (unpaired) electrons. The van der Waals surface area contributed by atoms with Crippen molar-refractivity contribution in [2.45, 2.75) is 25.4 Å². The molecule has 4 heterocycles. The van der Waals surface area contributed by atoms with Crippen LogP contribution in [0.5, 0.6) is 0 Å². The van der Waals surface area contributed by atoms with Gasteiger partial charge in [-0.15, -0.1) is 0 Å². The van der Waals surface area contributed by atoms with E-state index >= 15 is 0 Å². The first kappa shape index (κ1) is 14.8. The first-order valence-corrected chi connectivity index (χ1v) is 8.73. The van der Waals surface area contributed by atoms with Gasteiger partial charge in [-0.3, -0.25) is 0 Å². The predicted octanol–water partition coefficient (Wildman–Crippen LogP) is 1.77. The molecule has 1 saturated heterocycles. The van der Waals surface area contributed by atoms with E-state index in [9.17, 15) is 0 Å². The van der Waals surface area contributed by atoms with Crippen molar-refractivity contribution in [3.05, 3.63) is 47.8 Å². The molecule has 4 aliphatic rings. The number of nitrogens with two attached hydrogens (primary N) is 1. The molecule has 0 bridgehead atoms. The van der Waals surface area contributed by atoms with E-state index in [1.165, 1.54) is 17.6 Å². The minimum Gasteiger partial charge on any atom is -0.384 e. The SMILES string of the molecule is CC1=CC(Nc2cc(N)ncn2)=CN2C1=CNC21CC2COCC2C1. The number of nitrogens with zero attached hydrogens (tertiary/aromatic N) is 3. The third kappa shape index (κ3) is 2.30. The van der Waals surface area contributed by atoms with E-state index in [0.29, 0.717) is 23.5 Å². The summed E-state index contributed by atoms with van der Waals surface area (Å²) in [6.45, 7) is 3.92. The number of hydrogen-bond donors (Lipinski definition) is 3. The molecule has 7 nitrogen and oxygen atoms in total.